The molecule has 116 valence electrons. The van der Waals surface area contributed by atoms with Gasteiger partial charge in [0.15, 0.2) is 12.4 Å². The summed E-state index contributed by atoms with van der Waals surface area (Å²) in [5, 5.41) is 2.34. The zero-order valence-corrected chi connectivity index (χ0v) is 14.5. The van der Waals surface area contributed by atoms with Gasteiger partial charge in [0.1, 0.15) is 0 Å². The maximum absolute atomic E-state index is 12.8. The van der Waals surface area contributed by atoms with Gasteiger partial charge in [-0.05, 0) is 35.4 Å². The zero-order valence-electron chi connectivity index (χ0n) is 12.9. The molecule has 2 rings (SSSR count). The van der Waals surface area contributed by atoms with Crippen LogP contribution in [0, 0.1) is 0 Å². The van der Waals surface area contributed by atoms with Gasteiger partial charge in [0, 0.05) is 18.7 Å². The van der Waals surface area contributed by atoms with Crippen LogP contribution < -0.4 is 4.57 Å². The van der Waals surface area contributed by atoms with Crippen molar-refractivity contribution >= 4 is 34.8 Å². The topological polar surface area (TPSA) is 33.3 Å². The largest absolute Gasteiger partial charge is 0.758 e. The third kappa shape index (κ3) is 3.99. The number of aromatic nitrogens is 1. The third-order valence-electron chi connectivity index (χ3n) is 3.32. The van der Waals surface area contributed by atoms with Gasteiger partial charge < -0.3 is 17.6 Å². The average Bonchev–Trinajstić information content (AvgIpc) is 3.04. The number of hydrogen-bond acceptors (Lipinski definition) is 4. The van der Waals surface area contributed by atoms with Gasteiger partial charge in [0.05, 0.1) is 4.88 Å². The van der Waals surface area contributed by atoms with Crippen molar-refractivity contribution in [3.63, 3.8) is 0 Å². The average molecular weight is 332 g/mol. The predicted molar refractivity (Wildman–Crippen MR) is 93.7 cm³/mol. The number of carbonyl (C=O) groups is 1. The number of ketones is 1. The summed E-state index contributed by atoms with van der Waals surface area (Å²) in [5.41, 5.74) is 1.26. The van der Waals surface area contributed by atoms with Gasteiger partial charge in [0.25, 0.3) is 0 Å². The second-order valence-corrected chi connectivity index (χ2v) is 6.33. The van der Waals surface area contributed by atoms with Crippen LogP contribution in [0.2, 0.25) is 0 Å². The van der Waals surface area contributed by atoms with Gasteiger partial charge in [0.2, 0.25) is 11.8 Å². The Hall–Kier alpha value is -1.59. The Morgan fingerprint density at radius 3 is 2.59 bits per heavy atom. The van der Waals surface area contributed by atoms with Gasteiger partial charge in [-0.3, -0.25) is 4.79 Å². The smallest absolute Gasteiger partial charge is 0.244 e. The molecule has 1 atom stereocenters. The maximum atomic E-state index is 12.8. The monoisotopic (exact) mass is 332 g/mol. The Labute approximate surface area is 141 Å². The van der Waals surface area contributed by atoms with Crippen LogP contribution in [0.1, 0.15) is 41.5 Å². The number of aliphatic imine (C=N–C) groups is 1. The number of pyridine rings is 1. The molecule has 2 aromatic rings. The summed E-state index contributed by atoms with van der Waals surface area (Å²) in [6.07, 6.45) is 6.00. The lowest BCUT2D eigenvalue weighted by Gasteiger charge is -2.17. The minimum atomic E-state index is -0.538. The van der Waals surface area contributed by atoms with Crippen LogP contribution in [0.15, 0.2) is 47.0 Å². The first-order chi connectivity index (χ1) is 10.7. The zero-order chi connectivity index (χ0) is 15.9. The first-order valence-electron chi connectivity index (χ1n) is 7.46. The Balaban J connectivity index is 2.36. The van der Waals surface area contributed by atoms with Gasteiger partial charge in [-0.15, -0.1) is 11.3 Å². The SMILES string of the molecule is CCCc1cc[n+]([C@@H](C(=O)c2cccs2)C([S-])=NCC)cc1. The van der Waals surface area contributed by atoms with E-state index < -0.39 is 6.04 Å². The van der Waals surface area contributed by atoms with Gasteiger partial charge in [-0.25, -0.2) is 0 Å². The normalized spacial score (nSPS) is 13.1. The summed E-state index contributed by atoms with van der Waals surface area (Å²) in [7, 11) is 0. The van der Waals surface area contributed by atoms with Crippen molar-refractivity contribution in [1.82, 2.24) is 0 Å². The molecule has 0 aliphatic rings. The van der Waals surface area contributed by atoms with Gasteiger partial charge >= 0.3 is 0 Å². The second-order valence-electron chi connectivity index (χ2n) is 4.96. The summed E-state index contributed by atoms with van der Waals surface area (Å²) in [5.74, 6) is 0.00504. The van der Waals surface area contributed by atoms with E-state index in [-0.39, 0.29) is 5.78 Å². The molecule has 0 aromatic carbocycles. The molecule has 5 heteroatoms. The Morgan fingerprint density at radius 2 is 2.05 bits per heavy atom. The highest BCUT2D eigenvalue weighted by Crippen LogP contribution is 2.16. The molecule has 0 amide bonds. The van der Waals surface area contributed by atoms with Crippen molar-refractivity contribution in [2.45, 2.75) is 32.7 Å². The van der Waals surface area contributed by atoms with Crippen LogP contribution in [-0.4, -0.2) is 17.4 Å². The first-order valence-corrected chi connectivity index (χ1v) is 8.74. The lowest BCUT2D eigenvalue weighted by Crippen LogP contribution is -2.47. The first kappa shape index (κ1) is 16.8. The molecule has 2 heterocycles. The fourth-order valence-electron chi connectivity index (χ4n) is 2.27. The molecule has 22 heavy (non-hydrogen) atoms. The molecule has 2 aromatic heterocycles. The minimum absolute atomic E-state index is 0.00504. The van der Waals surface area contributed by atoms with Crippen molar-refractivity contribution in [2.24, 2.45) is 4.99 Å². The van der Waals surface area contributed by atoms with Crippen molar-refractivity contribution in [2.75, 3.05) is 6.54 Å². The summed E-state index contributed by atoms with van der Waals surface area (Å²) >= 11 is 6.82. The number of Topliss-reactive ketones (excluding diaryl/α,β-unsaturated/α-hetero) is 1. The molecule has 0 spiro atoms. The van der Waals surface area contributed by atoms with Crippen molar-refractivity contribution < 1.29 is 9.36 Å². The molecule has 0 fully saturated rings. The number of nitrogens with zero attached hydrogens (tertiary/aromatic N) is 2. The van der Waals surface area contributed by atoms with E-state index in [1.807, 2.05) is 53.5 Å². The van der Waals surface area contributed by atoms with Crippen molar-refractivity contribution in [1.29, 1.82) is 0 Å². The summed E-state index contributed by atoms with van der Waals surface area (Å²) in [4.78, 5) is 17.8. The number of aryl methyl sites for hydroxylation is 1. The lowest BCUT2D eigenvalue weighted by atomic mass is 10.1. The summed E-state index contributed by atoms with van der Waals surface area (Å²) in [6, 6.07) is 7.27. The van der Waals surface area contributed by atoms with E-state index in [1.54, 1.807) is 0 Å². The van der Waals surface area contributed by atoms with E-state index in [0.717, 1.165) is 12.8 Å². The summed E-state index contributed by atoms with van der Waals surface area (Å²) in [6.45, 7) is 4.66. The second kappa shape index (κ2) is 8.15. The summed E-state index contributed by atoms with van der Waals surface area (Å²) < 4.78 is 1.86. The quantitative estimate of drug-likeness (QED) is 0.256. The standard InChI is InChI=1S/C17H20N2OS2/c1-3-6-13-8-10-19(11-9-13)15(17(21)18-4-2)16(20)14-7-5-12-22-14/h5,7-12,15H,3-4,6H2,1-2H3/t15-/m0/s1. The van der Waals surface area contributed by atoms with Crippen molar-refractivity contribution in [3.8, 4) is 0 Å². The van der Waals surface area contributed by atoms with Crippen LogP contribution in [-0.2, 0) is 19.0 Å². The molecule has 0 radical (unpaired) electrons. The van der Waals surface area contributed by atoms with Crippen LogP contribution in [0.3, 0.4) is 0 Å². The fourth-order valence-corrected chi connectivity index (χ4v) is 3.31. The Morgan fingerprint density at radius 1 is 1.32 bits per heavy atom. The molecule has 0 saturated carbocycles. The Bertz CT molecular complexity index is 633. The van der Waals surface area contributed by atoms with Crippen LogP contribution in [0.5, 0.6) is 0 Å². The molecule has 3 nitrogen and oxygen atoms in total. The molecular weight excluding hydrogens is 312 g/mol. The highest BCUT2D eigenvalue weighted by Gasteiger charge is 2.28. The van der Waals surface area contributed by atoms with Crippen LogP contribution in [0.25, 0.3) is 0 Å². The predicted octanol–water partition coefficient (Wildman–Crippen LogP) is 3.38. The Kier molecular flexibility index (Phi) is 6.21. The molecular formula is C17H20N2OS2. The minimum Gasteiger partial charge on any atom is -0.758 e. The number of thiophene rings is 1. The molecule has 0 bridgehead atoms. The molecule has 0 N–H and O–H groups in total. The molecule has 0 aliphatic heterocycles. The van der Waals surface area contributed by atoms with E-state index in [4.69, 9.17) is 12.6 Å². The number of rotatable bonds is 7. The van der Waals surface area contributed by atoms with E-state index >= 15 is 0 Å². The van der Waals surface area contributed by atoms with E-state index in [0.29, 0.717) is 16.5 Å². The molecule has 0 unspecified atom stereocenters. The fraction of sp³-hybridized carbons (Fsp3) is 0.353. The number of hydrogen-bond donors (Lipinski definition) is 0. The molecule has 0 saturated heterocycles. The van der Waals surface area contributed by atoms with Gasteiger partial charge in [-0.1, -0.05) is 19.4 Å². The van der Waals surface area contributed by atoms with E-state index in [2.05, 4.69) is 11.9 Å². The van der Waals surface area contributed by atoms with E-state index in [1.165, 1.54) is 16.9 Å². The van der Waals surface area contributed by atoms with Crippen molar-refractivity contribution in [3.05, 3.63) is 52.5 Å². The lowest BCUT2D eigenvalue weighted by molar-refractivity contribution is -0.691. The van der Waals surface area contributed by atoms with E-state index in [9.17, 15) is 4.79 Å². The van der Waals surface area contributed by atoms with Gasteiger partial charge in [-0.2, -0.15) is 4.57 Å². The maximum Gasteiger partial charge on any atom is 0.244 e. The van der Waals surface area contributed by atoms with Crippen LogP contribution in [0.4, 0.5) is 0 Å². The van der Waals surface area contributed by atoms with Crippen LogP contribution >= 0.6 is 11.3 Å². The highest BCUT2D eigenvalue weighted by molar-refractivity contribution is 7.77. The molecule has 0 aliphatic carbocycles. The number of carbonyl (C=O) groups excluding carboxylic acids is 1. The third-order valence-corrected chi connectivity index (χ3v) is 4.56. The highest BCUT2D eigenvalue weighted by atomic mass is 32.1.